The second kappa shape index (κ2) is 7.28. The van der Waals surface area contributed by atoms with Gasteiger partial charge in [0.05, 0.1) is 17.5 Å². The lowest BCUT2D eigenvalue weighted by Crippen LogP contribution is -2.41. The van der Waals surface area contributed by atoms with Crippen molar-refractivity contribution in [3.8, 4) is 11.3 Å². The number of aliphatic carboxylic acids is 1. The number of aromatic nitrogens is 2. The summed E-state index contributed by atoms with van der Waals surface area (Å²) in [4.78, 5) is 23.7. The maximum absolute atomic E-state index is 12.4. The number of amides is 1. The summed E-state index contributed by atoms with van der Waals surface area (Å²) in [7, 11) is 0. The van der Waals surface area contributed by atoms with E-state index >= 15 is 0 Å². The minimum atomic E-state index is -1.06. The number of carboxylic acid groups (broad SMARTS) is 1. The van der Waals surface area contributed by atoms with Gasteiger partial charge >= 0.3 is 5.97 Å². The first-order chi connectivity index (χ1) is 10.9. The molecule has 1 amide bonds. The molecule has 0 saturated carbocycles. The molecule has 6 nitrogen and oxygen atoms in total. The van der Waals surface area contributed by atoms with Crippen LogP contribution in [0.4, 0.5) is 0 Å². The number of halogens is 1. The molecule has 1 aromatic heterocycles. The summed E-state index contributed by atoms with van der Waals surface area (Å²) < 4.78 is 0. The number of carbonyl (C=O) groups is 2. The topological polar surface area (TPSA) is 95.1 Å². The number of aromatic amines is 1. The van der Waals surface area contributed by atoms with Crippen molar-refractivity contribution in [3.63, 3.8) is 0 Å². The average molecular weight is 336 g/mol. The molecular weight excluding hydrogens is 318 g/mol. The van der Waals surface area contributed by atoms with Crippen molar-refractivity contribution in [2.45, 2.75) is 26.3 Å². The van der Waals surface area contributed by atoms with Crippen LogP contribution >= 0.6 is 11.6 Å². The lowest BCUT2D eigenvalue weighted by atomic mass is 10.0. The Kier molecular flexibility index (Phi) is 5.39. The summed E-state index contributed by atoms with van der Waals surface area (Å²) in [6.45, 7) is 3.80. The second-order valence-electron chi connectivity index (χ2n) is 5.66. The molecule has 122 valence electrons. The first-order valence-corrected chi connectivity index (χ1v) is 7.59. The van der Waals surface area contributed by atoms with Crippen molar-refractivity contribution in [2.24, 2.45) is 5.92 Å². The molecule has 2 aromatic rings. The van der Waals surface area contributed by atoms with Gasteiger partial charge in [-0.1, -0.05) is 37.6 Å². The van der Waals surface area contributed by atoms with Gasteiger partial charge in [0.1, 0.15) is 6.04 Å². The van der Waals surface area contributed by atoms with Gasteiger partial charge in [-0.15, -0.1) is 0 Å². The lowest BCUT2D eigenvalue weighted by molar-refractivity contribution is -0.139. The van der Waals surface area contributed by atoms with Crippen molar-refractivity contribution in [3.05, 3.63) is 41.0 Å². The van der Waals surface area contributed by atoms with Crippen LogP contribution in [0.5, 0.6) is 0 Å². The summed E-state index contributed by atoms with van der Waals surface area (Å²) in [5, 5.41) is 19.0. The van der Waals surface area contributed by atoms with Gasteiger partial charge in [0.15, 0.2) is 0 Å². The number of nitrogens with one attached hydrogen (secondary N) is 2. The Morgan fingerprint density at radius 1 is 1.39 bits per heavy atom. The molecule has 23 heavy (non-hydrogen) atoms. The van der Waals surface area contributed by atoms with Crippen molar-refractivity contribution >= 4 is 23.5 Å². The van der Waals surface area contributed by atoms with Crippen LogP contribution in [0.3, 0.4) is 0 Å². The molecule has 1 aromatic carbocycles. The normalized spacial score (nSPS) is 12.2. The summed E-state index contributed by atoms with van der Waals surface area (Å²) in [5.74, 6) is -1.39. The van der Waals surface area contributed by atoms with Gasteiger partial charge < -0.3 is 10.4 Å². The highest BCUT2D eigenvalue weighted by molar-refractivity contribution is 6.30. The third-order valence-corrected chi connectivity index (χ3v) is 3.54. The van der Waals surface area contributed by atoms with Crippen LogP contribution in [0.25, 0.3) is 11.3 Å². The Morgan fingerprint density at radius 3 is 2.74 bits per heavy atom. The van der Waals surface area contributed by atoms with Gasteiger partial charge in [0, 0.05) is 10.6 Å². The minimum absolute atomic E-state index is 0.146. The maximum Gasteiger partial charge on any atom is 0.326 e. The highest BCUT2D eigenvalue weighted by Crippen LogP contribution is 2.24. The molecule has 1 atom stereocenters. The molecule has 0 spiro atoms. The summed E-state index contributed by atoms with van der Waals surface area (Å²) in [6, 6.07) is 6.04. The molecule has 7 heteroatoms. The van der Waals surface area contributed by atoms with E-state index < -0.39 is 17.9 Å². The molecule has 0 saturated heterocycles. The predicted molar refractivity (Wildman–Crippen MR) is 87.4 cm³/mol. The van der Waals surface area contributed by atoms with Crippen molar-refractivity contribution in [2.75, 3.05) is 0 Å². The molecule has 2 rings (SSSR count). The molecule has 0 fully saturated rings. The van der Waals surface area contributed by atoms with E-state index in [2.05, 4.69) is 15.5 Å². The molecule has 0 unspecified atom stereocenters. The van der Waals surface area contributed by atoms with Crippen molar-refractivity contribution < 1.29 is 14.7 Å². The molecular formula is C16H18ClN3O3. The van der Waals surface area contributed by atoms with Crippen LogP contribution in [-0.4, -0.2) is 33.2 Å². The number of rotatable bonds is 6. The van der Waals surface area contributed by atoms with E-state index in [4.69, 9.17) is 11.6 Å². The van der Waals surface area contributed by atoms with Crippen LogP contribution in [0.15, 0.2) is 30.5 Å². The second-order valence-corrected chi connectivity index (χ2v) is 6.10. The molecule has 0 bridgehead atoms. The Labute approximate surface area is 138 Å². The highest BCUT2D eigenvalue weighted by atomic mass is 35.5. The fraction of sp³-hybridized carbons (Fsp3) is 0.312. The maximum atomic E-state index is 12.4. The van der Waals surface area contributed by atoms with Crippen molar-refractivity contribution in [1.82, 2.24) is 15.5 Å². The first kappa shape index (κ1) is 17.0. The number of hydrogen-bond donors (Lipinski definition) is 3. The summed E-state index contributed by atoms with van der Waals surface area (Å²) in [5.41, 5.74) is 1.48. The van der Waals surface area contributed by atoms with Gasteiger partial charge in [-0.05, 0) is 24.5 Å². The van der Waals surface area contributed by atoms with Gasteiger partial charge in [-0.3, -0.25) is 9.89 Å². The zero-order valence-corrected chi connectivity index (χ0v) is 13.6. The Hall–Kier alpha value is -2.34. The molecule has 0 aliphatic heterocycles. The van der Waals surface area contributed by atoms with Gasteiger partial charge in [0.25, 0.3) is 5.91 Å². The van der Waals surface area contributed by atoms with Crippen LogP contribution < -0.4 is 5.32 Å². The number of nitrogens with zero attached hydrogens (tertiary/aromatic N) is 1. The number of carboxylic acids is 1. The van der Waals surface area contributed by atoms with Crippen LogP contribution in [-0.2, 0) is 4.79 Å². The molecule has 1 heterocycles. The molecule has 0 radical (unpaired) electrons. The highest BCUT2D eigenvalue weighted by Gasteiger charge is 2.24. The van der Waals surface area contributed by atoms with Crippen LogP contribution in [0, 0.1) is 5.92 Å². The van der Waals surface area contributed by atoms with E-state index in [0.29, 0.717) is 22.7 Å². The fourth-order valence-corrected chi connectivity index (χ4v) is 2.44. The smallest absolute Gasteiger partial charge is 0.326 e. The average Bonchev–Trinajstić information content (AvgIpc) is 2.95. The van der Waals surface area contributed by atoms with E-state index in [1.807, 2.05) is 13.8 Å². The fourth-order valence-electron chi connectivity index (χ4n) is 2.25. The zero-order valence-electron chi connectivity index (χ0n) is 12.8. The largest absolute Gasteiger partial charge is 0.480 e. The first-order valence-electron chi connectivity index (χ1n) is 7.21. The number of H-pyrrole nitrogens is 1. The van der Waals surface area contributed by atoms with Crippen LogP contribution in [0.1, 0.15) is 30.6 Å². The lowest BCUT2D eigenvalue weighted by Gasteiger charge is -2.16. The van der Waals surface area contributed by atoms with E-state index in [1.54, 1.807) is 24.3 Å². The summed E-state index contributed by atoms with van der Waals surface area (Å²) in [6.07, 6.45) is 1.73. The van der Waals surface area contributed by atoms with E-state index in [1.165, 1.54) is 6.20 Å². The summed E-state index contributed by atoms with van der Waals surface area (Å²) >= 11 is 5.96. The third-order valence-electron chi connectivity index (χ3n) is 3.31. The Bertz CT molecular complexity index is 712. The molecule has 3 N–H and O–H groups in total. The number of benzene rings is 1. The van der Waals surface area contributed by atoms with Crippen molar-refractivity contribution in [1.29, 1.82) is 0 Å². The zero-order chi connectivity index (χ0) is 17.0. The monoisotopic (exact) mass is 335 g/mol. The van der Waals surface area contributed by atoms with Crippen LogP contribution in [0.2, 0.25) is 5.02 Å². The number of carbonyl (C=O) groups excluding carboxylic acids is 1. The number of hydrogen-bond acceptors (Lipinski definition) is 3. The SMILES string of the molecule is CC(C)C[C@@H](NC(=O)c1cn[nH]c1-c1cccc(Cl)c1)C(=O)O. The standard InChI is InChI=1S/C16H18ClN3O3/c1-9(2)6-13(16(22)23)19-15(21)12-8-18-20-14(12)10-4-3-5-11(17)7-10/h3-5,7-9,13H,6H2,1-2H3,(H,18,20)(H,19,21)(H,22,23)/t13-/m1/s1. The minimum Gasteiger partial charge on any atom is -0.480 e. The predicted octanol–water partition coefficient (Wildman–Crippen LogP) is 2.96. The molecule has 0 aliphatic rings. The quantitative estimate of drug-likeness (QED) is 0.756. The molecule has 0 aliphatic carbocycles. The van der Waals surface area contributed by atoms with E-state index in [9.17, 15) is 14.7 Å². The van der Waals surface area contributed by atoms with E-state index in [0.717, 1.165) is 0 Å². The van der Waals surface area contributed by atoms with Gasteiger partial charge in [-0.2, -0.15) is 5.10 Å². The Balaban J connectivity index is 2.24. The third kappa shape index (κ3) is 4.32. The van der Waals surface area contributed by atoms with Gasteiger partial charge in [-0.25, -0.2) is 4.79 Å². The van der Waals surface area contributed by atoms with E-state index in [-0.39, 0.29) is 11.5 Å². The Morgan fingerprint density at radius 2 is 2.13 bits per heavy atom. The van der Waals surface area contributed by atoms with Gasteiger partial charge in [0.2, 0.25) is 0 Å².